The van der Waals surface area contributed by atoms with E-state index in [2.05, 4.69) is 5.32 Å². The molecule has 1 saturated heterocycles. The molecule has 1 aliphatic carbocycles. The van der Waals surface area contributed by atoms with Gasteiger partial charge in [-0.2, -0.15) is 0 Å². The van der Waals surface area contributed by atoms with E-state index < -0.39 is 17.9 Å². The lowest BCUT2D eigenvalue weighted by Crippen LogP contribution is -2.37. The third-order valence-electron chi connectivity index (χ3n) is 3.40. The van der Waals surface area contributed by atoms with Crippen molar-refractivity contribution in [1.82, 2.24) is 5.32 Å². The van der Waals surface area contributed by atoms with Crippen LogP contribution in [-0.2, 0) is 9.53 Å². The lowest BCUT2D eigenvalue weighted by Gasteiger charge is -2.17. The summed E-state index contributed by atoms with van der Waals surface area (Å²) in [6, 6.07) is -0.525. The summed E-state index contributed by atoms with van der Waals surface area (Å²) in [4.78, 5) is 11.5. The SMILES string of the molecule is CCOC(=O)[C@H]1NCC2[C@@H]1CCC2(F)F. The van der Waals surface area contributed by atoms with Gasteiger partial charge in [-0.1, -0.05) is 0 Å². The summed E-state index contributed by atoms with van der Waals surface area (Å²) in [6.45, 7) is 2.24. The molecule has 0 bridgehead atoms. The number of rotatable bonds is 2. The van der Waals surface area contributed by atoms with Gasteiger partial charge in [0.15, 0.2) is 0 Å². The van der Waals surface area contributed by atoms with E-state index in [1.54, 1.807) is 6.92 Å². The molecular formula is C10H15F2NO2. The van der Waals surface area contributed by atoms with Gasteiger partial charge in [-0.3, -0.25) is 4.79 Å². The van der Waals surface area contributed by atoms with Gasteiger partial charge in [-0.05, 0) is 19.3 Å². The monoisotopic (exact) mass is 219 g/mol. The van der Waals surface area contributed by atoms with Crippen molar-refractivity contribution in [3.05, 3.63) is 0 Å². The highest BCUT2D eigenvalue weighted by atomic mass is 19.3. The number of alkyl halides is 2. The van der Waals surface area contributed by atoms with E-state index in [9.17, 15) is 13.6 Å². The number of nitrogens with one attached hydrogen (secondary N) is 1. The van der Waals surface area contributed by atoms with E-state index in [1.807, 2.05) is 0 Å². The zero-order valence-electron chi connectivity index (χ0n) is 8.63. The number of esters is 1. The van der Waals surface area contributed by atoms with Crippen molar-refractivity contribution in [2.45, 2.75) is 31.7 Å². The van der Waals surface area contributed by atoms with Crippen LogP contribution in [0.3, 0.4) is 0 Å². The van der Waals surface area contributed by atoms with E-state index in [4.69, 9.17) is 4.74 Å². The standard InChI is InChI=1S/C10H15F2NO2/c1-2-15-9(14)8-6-3-4-10(11,12)7(6)5-13-8/h6-8,13H,2-5H2,1H3/t6-,7?,8-/m0/s1. The maximum absolute atomic E-state index is 13.3. The normalized spacial score (nSPS) is 37.7. The fourth-order valence-corrected chi connectivity index (χ4v) is 2.65. The summed E-state index contributed by atoms with van der Waals surface area (Å²) in [5, 5.41) is 2.84. The van der Waals surface area contributed by atoms with Crippen LogP contribution in [-0.4, -0.2) is 31.1 Å². The summed E-state index contributed by atoms with van der Waals surface area (Å²) in [5.74, 6) is -3.94. The minimum absolute atomic E-state index is 0.0973. The number of carbonyl (C=O) groups is 1. The number of carbonyl (C=O) groups excluding carboxylic acids is 1. The minimum Gasteiger partial charge on any atom is -0.465 e. The second-order valence-corrected chi connectivity index (χ2v) is 4.21. The fourth-order valence-electron chi connectivity index (χ4n) is 2.65. The quantitative estimate of drug-likeness (QED) is 0.709. The zero-order valence-corrected chi connectivity index (χ0v) is 8.63. The van der Waals surface area contributed by atoms with E-state index in [-0.39, 0.29) is 24.9 Å². The smallest absolute Gasteiger partial charge is 0.323 e. The van der Waals surface area contributed by atoms with E-state index in [1.165, 1.54) is 0 Å². The molecule has 1 aliphatic heterocycles. The summed E-state index contributed by atoms with van der Waals surface area (Å²) >= 11 is 0. The molecule has 1 N–H and O–H groups in total. The second-order valence-electron chi connectivity index (χ2n) is 4.21. The highest BCUT2D eigenvalue weighted by Crippen LogP contribution is 2.48. The van der Waals surface area contributed by atoms with Gasteiger partial charge < -0.3 is 10.1 Å². The van der Waals surface area contributed by atoms with Crippen LogP contribution in [0.2, 0.25) is 0 Å². The molecule has 0 radical (unpaired) electrons. The van der Waals surface area contributed by atoms with Gasteiger partial charge >= 0.3 is 5.97 Å². The molecule has 0 aromatic carbocycles. The zero-order chi connectivity index (χ0) is 11.1. The van der Waals surface area contributed by atoms with Gasteiger partial charge in [0.1, 0.15) is 6.04 Å². The number of hydrogen-bond donors (Lipinski definition) is 1. The summed E-state index contributed by atoms with van der Waals surface area (Å²) in [5.41, 5.74) is 0. The van der Waals surface area contributed by atoms with Crippen LogP contribution in [0.15, 0.2) is 0 Å². The minimum atomic E-state index is -2.61. The topological polar surface area (TPSA) is 38.3 Å². The average Bonchev–Trinajstić information content (AvgIpc) is 2.69. The van der Waals surface area contributed by atoms with Crippen LogP contribution in [0.1, 0.15) is 19.8 Å². The molecule has 3 atom stereocenters. The van der Waals surface area contributed by atoms with E-state index >= 15 is 0 Å². The van der Waals surface area contributed by atoms with Crippen molar-refractivity contribution < 1.29 is 18.3 Å². The number of ether oxygens (including phenoxy) is 1. The van der Waals surface area contributed by atoms with Crippen LogP contribution in [0.25, 0.3) is 0 Å². The molecule has 1 heterocycles. The highest BCUT2D eigenvalue weighted by molar-refractivity contribution is 5.76. The Hall–Kier alpha value is -0.710. The third-order valence-corrected chi connectivity index (χ3v) is 3.40. The molecule has 0 spiro atoms. The molecule has 15 heavy (non-hydrogen) atoms. The number of fused-ring (bicyclic) bond motifs is 1. The molecule has 1 saturated carbocycles. The second kappa shape index (κ2) is 3.70. The number of hydrogen-bond acceptors (Lipinski definition) is 3. The predicted molar refractivity (Wildman–Crippen MR) is 49.6 cm³/mol. The number of halogens is 2. The molecule has 0 aromatic rings. The molecule has 5 heteroatoms. The summed E-state index contributed by atoms with van der Waals surface area (Å²) in [6.07, 6.45) is 0.314. The van der Waals surface area contributed by atoms with E-state index in [0.717, 1.165) is 0 Å². The summed E-state index contributed by atoms with van der Waals surface area (Å²) < 4.78 is 31.5. The molecule has 86 valence electrons. The fraction of sp³-hybridized carbons (Fsp3) is 0.900. The van der Waals surface area contributed by atoms with Gasteiger partial charge in [0.25, 0.3) is 5.92 Å². The van der Waals surface area contributed by atoms with Crippen molar-refractivity contribution in [1.29, 1.82) is 0 Å². The van der Waals surface area contributed by atoms with E-state index in [0.29, 0.717) is 13.0 Å². The average molecular weight is 219 g/mol. The first-order chi connectivity index (χ1) is 7.06. The predicted octanol–water partition coefficient (Wildman–Crippen LogP) is 1.18. The van der Waals surface area contributed by atoms with Crippen molar-refractivity contribution in [3.8, 4) is 0 Å². The Labute approximate surface area is 87.2 Å². The van der Waals surface area contributed by atoms with Crippen molar-refractivity contribution in [2.75, 3.05) is 13.2 Å². The van der Waals surface area contributed by atoms with Crippen molar-refractivity contribution >= 4 is 5.97 Å². The Kier molecular flexibility index (Phi) is 2.66. The molecule has 3 nitrogen and oxygen atoms in total. The maximum Gasteiger partial charge on any atom is 0.323 e. The lowest BCUT2D eigenvalue weighted by atomic mass is 9.93. The Bertz CT molecular complexity index is 270. The molecule has 1 unspecified atom stereocenters. The lowest BCUT2D eigenvalue weighted by molar-refractivity contribution is -0.146. The first-order valence-corrected chi connectivity index (χ1v) is 5.34. The van der Waals surface area contributed by atoms with Crippen LogP contribution >= 0.6 is 0 Å². The molecule has 2 rings (SSSR count). The van der Waals surface area contributed by atoms with Gasteiger partial charge in [0.05, 0.1) is 6.61 Å². The van der Waals surface area contributed by atoms with Crippen LogP contribution < -0.4 is 5.32 Å². The first-order valence-electron chi connectivity index (χ1n) is 5.34. The third kappa shape index (κ3) is 1.73. The first kappa shape index (κ1) is 10.8. The van der Waals surface area contributed by atoms with Gasteiger partial charge in [-0.15, -0.1) is 0 Å². The van der Waals surface area contributed by atoms with Crippen LogP contribution in [0.5, 0.6) is 0 Å². The van der Waals surface area contributed by atoms with Gasteiger partial charge in [0.2, 0.25) is 0 Å². The largest absolute Gasteiger partial charge is 0.465 e. The van der Waals surface area contributed by atoms with Crippen LogP contribution in [0.4, 0.5) is 8.78 Å². The van der Waals surface area contributed by atoms with Gasteiger partial charge in [0, 0.05) is 18.9 Å². The molecule has 0 aromatic heterocycles. The Morgan fingerprint density at radius 1 is 1.60 bits per heavy atom. The molecule has 0 amide bonds. The Morgan fingerprint density at radius 3 is 3.00 bits per heavy atom. The Morgan fingerprint density at radius 2 is 2.33 bits per heavy atom. The Balaban J connectivity index is 2.05. The maximum atomic E-state index is 13.3. The van der Waals surface area contributed by atoms with Gasteiger partial charge in [-0.25, -0.2) is 8.78 Å². The van der Waals surface area contributed by atoms with Crippen molar-refractivity contribution in [3.63, 3.8) is 0 Å². The molecule has 2 aliphatic rings. The molecular weight excluding hydrogens is 204 g/mol. The molecule has 2 fully saturated rings. The highest BCUT2D eigenvalue weighted by Gasteiger charge is 2.57. The van der Waals surface area contributed by atoms with Crippen molar-refractivity contribution in [2.24, 2.45) is 11.8 Å². The van der Waals surface area contributed by atoms with Crippen LogP contribution in [0, 0.1) is 11.8 Å². The summed E-state index contributed by atoms with van der Waals surface area (Å²) in [7, 11) is 0.